The predicted octanol–water partition coefficient (Wildman–Crippen LogP) is -0.867. The first-order valence-corrected chi connectivity index (χ1v) is 4.22. The zero-order valence-corrected chi connectivity index (χ0v) is 9.28. The number of nitrogens with zero attached hydrogens (tertiary/aromatic N) is 1. The fourth-order valence-electron chi connectivity index (χ4n) is 0.974. The smallest absolute Gasteiger partial charge is 0.0780 e. The third kappa shape index (κ3) is 13.3. The molecule has 0 spiro atoms. The van der Waals surface area contributed by atoms with Gasteiger partial charge in [0.05, 0.1) is 27.7 Å². The van der Waals surface area contributed by atoms with Gasteiger partial charge >= 0.3 is 0 Å². The molecule has 0 atom stereocenters. The lowest BCUT2D eigenvalue weighted by atomic mass is 10.1. The van der Waals surface area contributed by atoms with Crippen molar-refractivity contribution in [2.24, 2.45) is 5.92 Å². The van der Waals surface area contributed by atoms with Gasteiger partial charge in [-0.3, -0.25) is 0 Å². The molecule has 11 heavy (non-hydrogen) atoms. The largest absolute Gasteiger partial charge is 1.00 e. The number of hydrogen-bond donors (Lipinski definition) is 0. The van der Waals surface area contributed by atoms with E-state index in [1.165, 1.54) is 19.4 Å². The summed E-state index contributed by atoms with van der Waals surface area (Å²) < 4.78 is 1.10. The molecule has 0 fully saturated rings. The van der Waals surface area contributed by atoms with Crippen molar-refractivity contribution in [3.05, 3.63) is 0 Å². The Bertz CT molecular complexity index is 84.1. The molecule has 0 N–H and O–H groups in total. The van der Waals surface area contributed by atoms with E-state index in [-0.39, 0.29) is 12.4 Å². The molecule has 0 heterocycles. The molecule has 0 saturated heterocycles. The van der Waals surface area contributed by atoms with Crippen LogP contribution in [0.2, 0.25) is 0 Å². The van der Waals surface area contributed by atoms with Crippen molar-refractivity contribution in [2.45, 2.75) is 26.7 Å². The highest BCUT2D eigenvalue weighted by Crippen LogP contribution is 2.05. The average molecular weight is 180 g/mol. The van der Waals surface area contributed by atoms with Crippen molar-refractivity contribution >= 4 is 0 Å². The lowest BCUT2D eigenvalue weighted by Gasteiger charge is -2.24. The maximum atomic E-state index is 2.29. The summed E-state index contributed by atoms with van der Waals surface area (Å²) in [5.41, 5.74) is 0. The van der Waals surface area contributed by atoms with E-state index in [4.69, 9.17) is 0 Å². The zero-order chi connectivity index (χ0) is 8.20. The summed E-state index contributed by atoms with van der Waals surface area (Å²) in [4.78, 5) is 0. The average Bonchev–Trinajstić information content (AvgIpc) is 1.59. The van der Waals surface area contributed by atoms with Crippen LogP contribution in [0, 0.1) is 5.92 Å². The summed E-state index contributed by atoms with van der Waals surface area (Å²) in [5, 5.41) is 0. The van der Waals surface area contributed by atoms with Crippen LogP contribution < -0.4 is 12.4 Å². The van der Waals surface area contributed by atoms with E-state index in [2.05, 4.69) is 35.0 Å². The summed E-state index contributed by atoms with van der Waals surface area (Å²) in [6.07, 6.45) is 2.73. The highest BCUT2D eigenvalue weighted by molar-refractivity contribution is 4.43. The molecule has 0 aliphatic heterocycles. The molecule has 70 valence electrons. The van der Waals surface area contributed by atoms with E-state index in [0.29, 0.717) is 0 Å². The SMILES string of the molecule is CC(C)CCC[N+](C)(C)C.[Cl-]. The van der Waals surface area contributed by atoms with Gasteiger partial charge in [-0.1, -0.05) is 13.8 Å². The van der Waals surface area contributed by atoms with E-state index in [1.54, 1.807) is 0 Å². The molecular formula is C9H22ClN. The fraction of sp³-hybridized carbons (Fsp3) is 1.00. The van der Waals surface area contributed by atoms with Crippen molar-refractivity contribution in [3.8, 4) is 0 Å². The van der Waals surface area contributed by atoms with Crippen LogP contribution in [-0.2, 0) is 0 Å². The fourth-order valence-corrected chi connectivity index (χ4v) is 0.974. The van der Waals surface area contributed by atoms with Crippen LogP contribution in [0.25, 0.3) is 0 Å². The van der Waals surface area contributed by atoms with Crippen LogP contribution in [0.4, 0.5) is 0 Å². The molecular weight excluding hydrogens is 158 g/mol. The second-order valence-corrected chi connectivity index (χ2v) is 4.55. The van der Waals surface area contributed by atoms with Crippen molar-refractivity contribution < 1.29 is 16.9 Å². The molecule has 0 saturated carbocycles. The van der Waals surface area contributed by atoms with Gasteiger partial charge in [0.1, 0.15) is 0 Å². The number of quaternary nitrogens is 1. The molecule has 0 aromatic carbocycles. The lowest BCUT2D eigenvalue weighted by molar-refractivity contribution is -0.870. The summed E-state index contributed by atoms with van der Waals surface area (Å²) >= 11 is 0. The molecule has 0 aliphatic rings. The van der Waals surface area contributed by atoms with E-state index in [1.807, 2.05) is 0 Å². The second kappa shape index (κ2) is 5.84. The van der Waals surface area contributed by atoms with Gasteiger partial charge in [0, 0.05) is 0 Å². The Hall–Kier alpha value is 0.250. The van der Waals surface area contributed by atoms with Gasteiger partial charge in [0.2, 0.25) is 0 Å². The molecule has 0 unspecified atom stereocenters. The molecule has 0 rings (SSSR count). The highest BCUT2D eigenvalue weighted by Gasteiger charge is 2.05. The topological polar surface area (TPSA) is 0 Å². The van der Waals surface area contributed by atoms with E-state index < -0.39 is 0 Å². The van der Waals surface area contributed by atoms with Gasteiger partial charge in [-0.2, -0.15) is 0 Å². The Morgan fingerprint density at radius 3 is 1.82 bits per heavy atom. The van der Waals surface area contributed by atoms with Crippen LogP contribution in [0.1, 0.15) is 26.7 Å². The van der Waals surface area contributed by atoms with Crippen LogP contribution >= 0.6 is 0 Å². The van der Waals surface area contributed by atoms with Gasteiger partial charge in [-0.25, -0.2) is 0 Å². The Kier molecular flexibility index (Phi) is 7.34. The Balaban J connectivity index is 0. The van der Waals surface area contributed by atoms with Crippen molar-refractivity contribution in [1.29, 1.82) is 0 Å². The first kappa shape index (κ1) is 13.8. The summed E-state index contributed by atoms with van der Waals surface area (Å²) in [7, 11) is 6.75. The lowest BCUT2D eigenvalue weighted by Crippen LogP contribution is -3.00. The first-order chi connectivity index (χ1) is 4.42. The summed E-state index contributed by atoms with van der Waals surface area (Å²) in [6.45, 7) is 5.88. The quantitative estimate of drug-likeness (QED) is 0.493. The molecule has 0 aromatic rings. The minimum Gasteiger partial charge on any atom is -1.00 e. The first-order valence-electron chi connectivity index (χ1n) is 4.22. The van der Waals surface area contributed by atoms with Crippen LogP contribution in [0.5, 0.6) is 0 Å². The van der Waals surface area contributed by atoms with Gasteiger partial charge in [-0.05, 0) is 18.8 Å². The molecule has 0 radical (unpaired) electrons. The maximum Gasteiger partial charge on any atom is 0.0780 e. The van der Waals surface area contributed by atoms with Crippen LogP contribution in [0.15, 0.2) is 0 Å². The van der Waals surface area contributed by atoms with Crippen molar-refractivity contribution in [1.82, 2.24) is 0 Å². The minimum atomic E-state index is 0. The minimum absolute atomic E-state index is 0. The standard InChI is InChI=1S/C9H22N.ClH/c1-9(2)7-6-8-10(3,4)5;/h9H,6-8H2,1-5H3;1H/q+1;/p-1. The van der Waals surface area contributed by atoms with Gasteiger partial charge in [0.15, 0.2) is 0 Å². The van der Waals surface area contributed by atoms with E-state index in [9.17, 15) is 0 Å². The van der Waals surface area contributed by atoms with Crippen LogP contribution in [0.3, 0.4) is 0 Å². The summed E-state index contributed by atoms with van der Waals surface area (Å²) in [5.74, 6) is 0.867. The maximum absolute atomic E-state index is 2.29. The van der Waals surface area contributed by atoms with Gasteiger partial charge in [-0.15, -0.1) is 0 Å². The Morgan fingerprint density at radius 2 is 1.55 bits per heavy atom. The molecule has 2 heteroatoms. The monoisotopic (exact) mass is 179 g/mol. The number of hydrogen-bond acceptors (Lipinski definition) is 0. The molecule has 0 bridgehead atoms. The summed E-state index contributed by atoms with van der Waals surface area (Å²) in [6, 6.07) is 0. The molecule has 1 nitrogen and oxygen atoms in total. The van der Waals surface area contributed by atoms with Crippen molar-refractivity contribution in [2.75, 3.05) is 27.7 Å². The second-order valence-electron chi connectivity index (χ2n) is 4.55. The normalized spacial score (nSPS) is 11.5. The molecule has 0 amide bonds. The number of rotatable bonds is 4. The van der Waals surface area contributed by atoms with E-state index in [0.717, 1.165) is 10.4 Å². The molecule has 0 aromatic heterocycles. The van der Waals surface area contributed by atoms with E-state index >= 15 is 0 Å². The Labute approximate surface area is 77.8 Å². The van der Waals surface area contributed by atoms with Gasteiger partial charge < -0.3 is 16.9 Å². The third-order valence-corrected chi connectivity index (χ3v) is 1.61. The highest BCUT2D eigenvalue weighted by atomic mass is 35.5. The predicted molar refractivity (Wildman–Crippen MR) is 47.0 cm³/mol. The zero-order valence-electron chi connectivity index (χ0n) is 8.52. The molecule has 0 aliphatic carbocycles. The number of halogens is 1. The third-order valence-electron chi connectivity index (χ3n) is 1.61. The van der Waals surface area contributed by atoms with Crippen LogP contribution in [-0.4, -0.2) is 32.2 Å². The Morgan fingerprint density at radius 1 is 1.09 bits per heavy atom. The van der Waals surface area contributed by atoms with Gasteiger partial charge in [0.25, 0.3) is 0 Å². The van der Waals surface area contributed by atoms with Crippen molar-refractivity contribution in [3.63, 3.8) is 0 Å².